The zero-order valence-corrected chi connectivity index (χ0v) is 12.7. The Morgan fingerprint density at radius 2 is 1.90 bits per heavy atom. The molecule has 0 bridgehead atoms. The zero-order chi connectivity index (χ0) is 14.5. The highest BCUT2D eigenvalue weighted by atomic mass is 16.2. The Hall–Kier alpha value is -1.30. The fraction of sp³-hybridized carbons (Fsp3) is 0.579. The number of aliphatic hydroxyl groups excluding tert-OH is 1. The molecule has 2 fully saturated rings. The molecule has 0 radical (unpaired) electrons. The van der Waals surface area contributed by atoms with Crippen molar-refractivity contribution < 1.29 is 5.11 Å². The lowest BCUT2D eigenvalue weighted by molar-refractivity contribution is 0.106. The molecule has 0 amide bonds. The monoisotopic (exact) mass is 283 g/mol. The maximum absolute atomic E-state index is 8.74. The Kier molecular flexibility index (Phi) is 4.95. The summed E-state index contributed by atoms with van der Waals surface area (Å²) in [6.45, 7) is 2.49. The molecule has 2 unspecified atom stereocenters. The van der Waals surface area contributed by atoms with Gasteiger partial charge in [0, 0.05) is 24.6 Å². The van der Waals surface area contributed by atoms with Crippen molar-refractivity contribution in [3.8, 4) is 11.8 Å². The number of fused-ring (bicyclic) bond motifs is 1. The Morgan fingerprint density at radius 3 is 2.71 bits per heavy atom. The van der Waals surface area contributed by atoms with Crippen molar-refractivity contribution in [2.24, 2.45) is 5.92 Å². The van der Waals surface area contributed by atoms with E-state index in [4.69, 9.17) is 5.11 Å². The number of likely N-dealkylation sites (tertiary alicyclic amines) is 1. The van der Waals surface area contributed by atoms with E-state index < -0.39 is 0 Å². The number of aliphatic hydroxyl groups is 1. The van der Waals surface area contributed by atoms with E-state index in [1.807, 2.05) is 0 Å². The minimum atomic E-state index is 0.141. The van der Waals surface area contributed by atoms with Gasteiger partial charge in [0.05, 0.1) is 6.61 Å². The van der Waals surface area contributed by atoms with Gasteiger partial charge in [-0.2, -0.15) is 0 Å². The summed E-state index contributed by atoms with van der Waals surface area (Å²) < 4.78 is 0. The van der Waals surface area contributed by atoms with Crippen LogP contribution in [-0.2, 0) is 6.54 Å². The van der Waals surface area contributed by atoms with Crippen molar-refractivity contribution in [3.63, 3.8) is 0 Å². The molecule has 1 saturated heterocycles. The van der Waals surface area contributed by atoms with Gasteiger partial charge in [-0.05, 0) is 55.8 Å². The molecule has 21 heavy (non-hydrogen) atoms. The van der Waals surface area contributed by atoms with Crippen molar-refractivity contribution >= 4 is 0 Å². The van der Waals surface area contributed by atoms with E-state index in [1.54, 1.807) is 0 Å². The topological polar surface area (TPSA) is 23.5 Å². The smallest absolute Gasteiger partial charge is 0.0540 e. The lowest BCUT2D eigenvalue weighted by Crippen LogP contribution is -2.41. The van der Waals surface area contributed by atoms with Gasteiger partial charge in [0.1, 0.15) is 0 Å². The quantitative estimate of drug-likeness (QED) is 0.861. The first kappa shape index (κ1) is 14.6. The van der Waals surface area contributed by atoms with Crippen molar-refractivity contribution in [1.82, 2.24) is 4.90 Å². The van der Waals surface area contributed by atoms with Gasteiger partial charge in [-0.25, -0.2) is 0 Å². The molecule has 0 aromatic heterocycles. The Bertz CT molecular complexity index is 511. The fourth-order valence-electron chi connectivity index (χ4n) is 3.90. The van der Waals surface area contributed by atoms with Gasteiger partial charge in [-0.15, -0.1) is 0 Å². The van der Waals surface area contributed by atoms with Crippen LogP contribution in [0.3, 0.4) is 0 Å². The van der Waals surface area contributed by atoms with Gasteiger partial charge >= 0.3 is 0 Å². The van der Waals surface area contributed by atoms with E-state index in [2.05, 4.69) is 41.0 Å². The molecule has 1 heterocycles. The van der Waals surface area contributed by atoms with Crippen LogP contribution in [0.25, 0.3) is 0 Å². The van der Waals surface area contributed by atoms with Crippen LogP contribution in [0.5, 0.6) is 0 Å². The first-order valence-electron chi connectivity index (χ1n) is 8.29. The van der Waals surface area contributed by atoms with Crippen LogP contribution in [0, 0.1) is 17.8 Å². The van der Waals surface area contributed by atoms with E-state index >= 15 is 0 Å². The van der Waals surface area contributed by atoms with E-state index in [0.717, 1.165) is 24.1 Å². The van der Waals surface area contributed by atoms with Gasteiger partial charge in [-0.3, -0.25) is 4.90 Å². The molecule has 3 rings (SSSR count). The molecule has 2 heteroatoms. The summed E-state index contributed by atoms with van der Waals surface area (Å²) in [5.74, 6) is 7.02. The third kappa shape index (κ3) is 3.67. The second kappa shape index (κ2) is 7.11. The average Bonchev–Trinajstić information content (AvgIpc) is 2.99. The molecule has 1 aromatic carbocycles. The highest BCUT2D eigenvalue weighted by Gasteiger charge is 2.34. The molecule has 0 spiro atoms. The fourth-order valence-corrected chi connectivity index (χ4v) is 3.90. The molecule has 1 aromatic rings. The summed E-state index contributed by atoms with van der Waals surface area (Å²) in [7, 11) is 0. The summed E-state index contributed by atoms with van der Waals surface area (Å²) in [4.78, 5) is 2.70. The molecule has 2 aliphatic rings. The van der Waals surface area contributed by atoms with Crippen molar-refractivity contribution in [2.75, 3.05) is 13.2 Å². The molecular formula is C19H25NO. The van der Waals surface area contributed by atoms with Crippen molar-refractivity contribution in [1.29, 1.82) is 0 Å². The minimum absolute atomic E-state index is 0.141. The van der Waals surface area contributed by atoms with Crippen LogP contribution >= 0.6 is 0 Å². The van der Waals surface area contributed by atoms with Crippen LogP contribution in [0.15, 0.2) is 24.3 Å². The summed E-state index contributed by atoms with van der Waals surface area (Å²) in [5.41, 5.74) is 2.44. The maximum Gasteiger partial charge on any atom is 0.0540 e. The molecule has 1 N–H and O–H groups in total. The number of benzene rings is 1. The van der Waals surface area contributed by atoms with Crippen LogP contribution in [0.1, 0.15) is 49.7 Å². The summed E-state index contributed by atoms with van der Waals surface area (Å²) in [5, 5.41) is 8.74. The van der Waals surface area contributed by atoms with Crippen molar-refractivity contribution in [2.45, 2.75) is 51.1 Å². The van der Waals surface area contributed by atoms with Crippen LogP contribution in [-0.4, -0.2) is 29.2 Å². The summed E-state index contributed by atoms with van der Waals surface area (Å²) in [6, 6.07) is 9.47. The van der Waals surface area contributed by atoms with Gasteiger partial charge in [-0.1, -0.05) is 30.4 Å². The van der Waals surface area contributed by atoms with Crippen LogP contribution < -0.4 is 0 Å². The van der Waals surface area contributed by atoms with E-state index in [9.17, 15) is 0 Å². The third-order valence-electron chi connectivity index (χ3n) is 4.92. The molecule has 2 atom stereocenters. The zero-order valence-electron chi connectivity index (χ0n) is 12.7. The lowest BCUT2D eigenvalue weighted by Gasteiger charge is -2.37. The second-order valence-corrected chi connectivity index (χ2v) is 6.34. The van der Waals surface area contributed by atoms with Gasteiger partial charge in [0.15, 0.2) is 0 Å². The first-order chi connectivity index (χ1) is 10.4. The highest BCUT2D eigenvalue weighted by molar-refractivity contribution is 5.36. The third-order valence-corrected chi connectivity index (χ3v) is 4.92. The van der Waals surface area contributed by atoms with Crippen molar-refractivity contribution in [3.05, 3.63) is 35.4 Å². The summed E-state index contributed by atoms with van der Waals surface area (Å²) in [6.07, 6.45) is 7.63. The Labute approximate surface area is 128 Å². The molecule has 2 nitrogen and oxygen atoms in total. The Morgan fingerprint density at radius 1 is 1.10 bits per heavy atom. The molecule has 1 aliphatic carbocycles. The summed E-state index contributed by atoms with van der Waals surface area (Å²) >= 11 is 0. The first-order valence-corrected chi connectivity index (χ1v) is 8.29. The Balaban J connectivity index is 1.61. The highest BCUT2D eigenvalue weighted by Crippen LogP contribution is 2.37. The number of nitrogens with zero attached hydrogens (tertiary/aromatic N) is 1. The predicted octanol–water partition coefficient (Wildman–Crippen LogP) is 3.19. The van der Waals surface area contributed by atoms with Gasteiger partial charge in [0.25, 0.3) is 0 Å². The number of rotatable bonds is 3. The second-order valence-electron chi connectivity index (χ2n) is 6.34. The van der Waals surface area contributed by atoms with Gasteiger partial charge in [0.2, 0.25) is 0 Å². The standard InChI is InChI=1S/C19H25NO/c21-14-2-1-5-16-9-11-17(12-10-16)15-20-13-4-7-18-6-3-8-19(18)20/h9-12,18-19,21H,2-4,6-8,13-15H2. The number of hydrogen-bond donors (Lipinski definition) is 1. The molecule has 112 valence electrons. The van der Waals surface area contributed by atoms with Crippen LogP contribution in [0.2, 0.25) is 0 Å². The molecule has 1 saturated carbocycles. The SMILES string of the molecule is OCCC#Cc1ccc(CN2CCCC3CCCC32)cc1. The number of piperidine rings is 1. The minimum Gasteiger partial charge on any atom is -0.395 e. The average molecular weight is 283 g/mol. The van der Waals surface area contributed by atoms with E-state index in [-0.39, 0.29) is 6.61 Å². The van der Waals surface area contributed by atoms with E-state index in [0.29, 0.717) is 6.42 Å². The van der Waals surface area contributed by atoms with Crippen LogP contribution in [0.4, 0.5) is 0 Å². The maximum atomic E-state index is 8.74. The normalized spacial score (nSPS) is 25.2. The predicted molar refractivity (Wildman–Crippen MR) is 85.8 cm³/mol. The lowest BCUT2D eigenvalue weighted by atomic mass is 9.91. The van der Waals surface area contributed by atoms with E-state index in [1.165, 1.54) is 44.2 Å². The molecule has 1 aliphatic heterocycles. The molecular weight excluding hydrogens is 258 g/mol. The largest absolute Gasteiger partial charge is 0.395 e. The number of hydrogen-bond acceptors (Lipinski definition) is 2. The van der Waals surface area contributed by atoms with Gasteiger partial charge < -0.3 is 5.11 Å².